The van der Waals surface area contributed by atoms with E-state index < -0.39 is 5.82 Å². The molecule has 0 aliphatic carbocycles. The predicted octanol–water partition coefficient (Wildman–Crippen LogP) is 1.20. The maximum absolute atomic E-state index is 13.7. The van der Waals surface area contributed by atoms with Crippen molar-refractivity contribution in [2.45, 2.75) is 12.5 Å². The molecule has 2 aliphatic rings. The fraction of sp³-hybridized carbons (Fsp3) is 0.500. The number of fused-ring (bicyclic) bond motifs is 1. The van der Waals surface area contributed by atoms with Crippen molar-refractivity contribution in [3.63, 3.8) is 0 Å². The molecule has 114 valence electrons. The standard InChI is InChI=1S/C14H18FN3O3/c15-11-3-1-2-10-12(4-7-21-13(10)11)17-14(19)18-6-9-20-8-5-16-18/h1-3,12,16H,4-9H2,(H,17,19)/t12-/m0/s1. The van der Waals surface area contributed by atoms with Gasteiger partial charge in [-0.1, -0.05) is 12.1 Å². The van der Waals surface area contributed by atoms with Crippen molar-refractivity contribution < 1.29 is 18.7 Å². The van der Waals surface area contributed by atoms with E-state index in [2.05, 4.69) is 10.7 Å². The van der Waals surface area contributed by atoms with E-state index in [-0.39, 0.29) is 17.8 Å². The number of hydrazine groups is 1. The zero-order chi connectivity index (χ0) is 14.7. The topological polar surface area (TPSA) is 62.8 Å². The van der Waals surface area contributed by atoms with Gasteiger partial charge in [-0.25, -0.2) is 14.6 Å². The Hall–Kier alpha value is -1.86. The molecule has 0 radical (unpaired) electrons. The molecular formula is C14H18FN3O3. The molecule has 2 aliphatic heterocycles. The van der Waals surface area contributed by atoms with Crippen LogP contribution in [0.5, 0.6) is 5.75 Å². The Kier molecular flexibility index (Phi) is 4.21. The highest BCUT2D eigenvalue weighted by Gasteiger charge is 2.27. The van der Waals surface area contributed by atoms with E-state index in [1.165, 1.54) is 11.1 Å². The van der Waals surface area contributed by atoms with Gasteiger partial charge in [0.1, 0.15) is 0 Å². The Balaban J connectivity index is 1.71. The monoisotopic (exact) mass is 295 g/mol. The van der Waals surface area contributed by atoms with Gasteiger partial charge in [0.05, 0.1) is 32.4 Å². The van der Waals surface area contributed by atoms with Crippen molar-refractivity contribution in [2.24, 2.45) is 0 Å². The largest absolute Gasteiger partial charge is 0.490 e. The van der Waals surface area contributed by atoms with Gasteiger partial charge >= 0.3 is 6.03 Å². The molecule has 1 atom stereocenters. The smallest absolute Gasteiger partial charge is 0.332 e. The molecule has 2 heterocycles. The lowest BCUT2D eigenvalue weighted by atomic mass is 10.0. The first kappa shape index (κ1) is 14.1. The van der Waals surface area contributed by atoms with E-state index in [4.69, 9.17) is 9.47 Å². The molecule has 1 aromatic carbocycles. The van der Waals surface area contributed by atoms with Gasteiger partial charge in [0.15, 0.2) is 11.6 Å². The molecule has 6 nitrogen and oxygen atoms in total. The normalized spacial score (nSPS) is 22.0. The second-order valence-electron chi connectivity index (χ2n) is 4.97. The number of carbonyl (C=O) groups is 1. The number of nitrogens with zero attached hydrogens (tertiary/aromatic N) is 1. The lowest BCUT2D eigenvalue weighted by molar-refractivity contribution is 0.141. The molecule has 0 spiro atoms. The first-order valence-corrected chi connectivity index (χ1v) is 7.06. The molecule has 3 rings (SSSR count). The lowest BCUT2D eigenvalue weighted by Crippen LogP contribution is -2.50. The van der Waals surface area contributed by atoms with Crippen molar-refractivity contribution in [3.05, 3.63) is 29.6 Å². The number of nitrogens with one attached hydrogen (secondary N) is 2. The van der Waals surface area contributed by atoms with Crippen LogP contribution in [0.25, 0.3) is 0 Å². The van der Waals surface area contributed by atoms with Crippen LogP contribution in [0.4, 0.5) is 9.18 Å². The quantitative estimate of drug-likeness (QED) is 0.817. The molecule has 0 saturated carbocycles. The summed E-state index contributed by atoms with van der Waals surface area (Å²) in [6.07, 6.45) is 0.618. The van der Waals surface area contributed by atoms with Gasteiger partial charge < -0.3 is 14.8 Å². The molecule has 0 unspecified atom stereocenters. The lowest BCUT2D eigenvalue weighted by Gasteiger charge is -2.29. The summed E-state index contributed by atoms with van der Waals surface area (Å²) in [6.45, 7) is 2.53. The number of urea groups is 1. The fourth-order valence-corrected chi connectivity index (χ4v) is 2.53. The van der Waals surface area contributed by atoms with Gasteiger partial charge in [0, 0.05) is 18.5 Å². The minimum atomic E-state index is -0.396. The van der Waals surface area contributed by atoms with Crippen LogP contribution in [0.2, 0.25) is 0 Å². The van der Waals surface area contributed by atoms with Crippen LogP contribution in [0.1, 0.15) is 18.0 Å². The average molecular weight is 295 g/mol. The Morgan fingerprint density at radius 2 is 2.29 bits per heavy atom. The number of halogens is 1. The van der Waals surface area contributed by atoms with Gasteiger partial charge in [0.2, 0.25) is 0 Å². The highest BCUT2D eigenvalue weighted by Crippen LogP contribution is 2.33. The average Bonchev–Trinajstić information content (AvgIpc) is 2.77. The Bertz CT molecular complexity index is 518. The maximum atomic E-state index is 13.7. The van der Waals surface area contributed by atoms with E-state index in [1.54, 1.807) is 12.1 Å². The molecule has 2 N–H and O–H groups in total. The second-order valence-corrected chi connectivity index (χ2v) is 4.97. The third-order valence-electron chi connectivity index (χ3n) is 3.58. The molecule has 0 bridgehead atoms. The summed E-state index contributed by atoms with van der Waals surface area (Å²) in [5, 5.41) is 4.42. The van der Waals surface area contributed by atoms with Gasteiger partial charge in [0.25, 0.3) is 0 Å². The highest BCUT2D eigenvalue weighted by molar-refractivity contribution is 5.74. The van der Waals surface area contributed by atoms with E-state index >= 15 is 0 Å². The number of para-hydroxylation sites is 1. The summed E-state index contributed by atoms with van der Waals surface area (Å²) in [5.41, 5.74) is 3.68. The summed E-state index contributed by atoms with van der Waals surface area (Å²) in [5.74, 6) is -0.158. The van der Waals surface area contributed by atoms with E-state index in [9.17, 15) is 9.18 Å². The van der Waals surface area contributed by atoms with Crippen LogP contribution in [-0.4, -0.2) is 44.0 Å². The summed E-state index contributed by atoms with van der Waals surface area (Å²) >= 11 is 0. The van der Waals surface area contributed by atoms with E-state index in [1.807, 2.05) is 0 Å². The second kappa shape index (κ2) is 6.28. The molecule has 0 aromatic heterocycles. The number of hydrogen-bond donors (Lipinski definition) is 2. The number of amides is 2. The molecule has 1 saturated heterocycles. The van der Waals surface area contributed by atoms with Crippen molar-refractivity contribution in [2.75, 3.05) is 32.9 Å². The summed E-state index contributed by atoms with van der Waals surface area (Å²) in [7, 11) is 0. The van der Waals surface area contributed by atoms with Gasteiger partial charge in [-0.3, -0.25) is 5.01 Å². The zero-order valence-corrected chi connectivity index (χ0v) is 11.6. The van der Waals surface area contributed by atoms with E-state index in [0.29, 0.717) is 44.9 Å². The van der Waals surface area contributed by atoms with Gasteiger partial charge in [-0.15, -0.1) is 0 Å². The number of benzene rings is 1. The maximum Gasteiger partial charge on any atom is 0.332 e. The van der Waals surface area contributed by atoms with Crippen molar-refractivity contribution in [1.29, 1.82) is 0 Å². The third-order valence-corrected chi connectivity index (χ3v) is 3.58. The molecular weight excluding hydrogens is 277 g/mol. The Morgan fingerprint density at radius 3 is 3.19 bits per heavy atom. The van der Waals surface area contributed by atoms with Crippen LogP contribution in [-0.2, 0) is 4.74 Å². The summed E-state index contributed by atoms with van der Waals surface area (Å²) < 4.78 is 24.4. The molecule has 7 heteroatoms. The molecule has 1 fully saturated rings. The minimum absolute atomic E-state index is 0.234. The zero-order valence-electron chi connectivity index (χ0n) is 11.6. The van der Waals surface area contributed by atoms with Gasteiger partial charge in [-0.05, 0) is 6.07 Å². The Labute approximate surface area is 122 Å². The number of rotatable bonds is 1. The van der Waals surface area contributed by atoms with Crippen LogP contribution in [0.15, 0.2) is 18.2 Å². The highest BCUT2D eigenvalue weighted by atomic mass is 19.1. The number of ether oxygens (including phenoxy) is 2. The first-order chi connectivity index (χ1) is 10.3. The van der Waals surface area contributed by atoms with Crippen LogP contribution in [0.3, 0.4) is 0 Å². The number of carbonyl (C=O) groups excluding carboxylic acids is 1. The summed E-state index contributed by atoms with van der Waals surface area (Å²) in [6, 6.07) is 4.28. The molecule has 21 heavy (non-hydrogen) atoms. The molecule has 1 aromatic rings. The third kappa shape index (κ3) is 3.08. The number of hydrogen-bond acceptors (Lipinski definition) is 4. The summed E-state index contributed by atoms with van der Waals surface area (Å²) in [4.78, 5) is 12.3. The van der Waals surface area contributed by atoms with Crippen molar-refractivity contribution >= 4 is 6.03 Å². The van der Waals surface area contributed by atoms with Crippen molar-refractivity contribution in [3.8, 4) is 5.75 Å². The van der Waals surface area contributed by atoms with Crippen LogP contribution < -0.4 is 15.5 Å². The van der Waals surface area contributed by atoms with E-state index in [0.717, 1.165) is 0 Å². The Morgan fingerprint density at radius 1 is 1.38 bits per heavy atom. The van der Waals surface area contributed by atoms with Gasteiger partial charge in [-0.2, -0.15) is 0 Å². The fourth-order valence-electron chi connectivity index (χ4n) is 2.53. The molecule has 2 amide bonds. The van der Waals surface area contributed by atoms with Crippen LogP contribution in [0, 0.1) is 5.82 Å². The SMILES string of the molecule is O=C(N[C@H]1CCOc2c(F)cccc21)N1CCOCCN1. The van der Waals surface area contributed by atoms with Crippen LogP contribution >= 0.6 is 0 Å². The minimum Gasteiger partial charge on any atom is -0.490 e. The first-order valence-electron chi connectivity index (χ1n) is 7.06. The van der Waals surface area contributed by atoms with Crippen molar-refractivity contribution in [1.82, 2.24) is 15.8 Å². The predicted molar refractivity (Wildman–Crippen MR) is 73.3 cm³/mol.